The Labute approximate surface area is 93.3 Å². The molecule has 4 N–H and O–H groups in total. The van der Waals surface area contributed by atoms with E-state index in [1.54, 1.807) is 6.20 Å². The molecule has 84 valence electrons. The van der Waals surface area contributed by atoms with Crippen molar-refractivity contribution in [2.24, 2.45) is 16.7 Å². The second kappa shape index (κ2) is 4.57. The largest absolute Gasteiger partial charge is 0.444 e. The molecule has 0 aromatic carbocycles. The maximum Gasteiger partial charge on any atom is 0.204 e. The smallest absolute Gasteiger partial charge is 0.204 e. The lowest BCUT2D eigenvalue weighted by atomic mass is 9.94. The van der Waals surface area contributed by atoms with Crippen LogP contribution in [0.25, 0.3) is 0 Å². The Morgan fingerprint density at radius 2 is 2.27 bits per heavy atom. The molecular formula is C9H16N4OS. The third-order valence-electron chi connectivity index (χ3n) is 1.76. The maximum absolute atomic E-state index is 5.56. The SMILES string of the molecule is CC(C)(C)c1cnc(CSC(N)=NN)o1. The average Bonchev–Trinajstić information content (AvgIpc) is 2.61. The summed E-state index contributed by atoms with van der Waals surface area (Å²) >= 11 is 1.30. The van der Waals surface area contributed by atoms with Crippen LogP contribution < -0.4 is 11.6 Å². The fraction of sp³-hybridized carbons (Fsp3) is 0.556. The van der Waals surface area contributed by atoms with Crippen LogP contribution >= 0.6 is 11.8 Å². The number of nitrogens with two attached hydrogens (primary N) is 2. The van der Waals surface area contributed by atoms with Crippen LogP contribution in [-0.2, 0) is 11.2 Å². The van der Waals surface area contributed by atoms with Crippen LogP contribution in [0.5, 0.6) is 0 Å². The summed E-state index contributed by atoms with van der Waals surface area (Å²) in [5, 5.41) is 3.67. The van der Waals surface area contributed by atoms with Crippen molar-refractivity contribution in [1.82, 2.24) is 4.98 Å². The molecule has 0 aliphatic carbocycles. The molecule has 0 spiro atoms. The molecule has 6 heteroatoms. The van der Waals surface area contributed by atoms with E-state index in [9.17, 15) is 0 Å². The highest BCUT2D eigenvalue weighted by molar-refractivity contribution is 8.13. The molecule has 1 rings (SSSR count). The minimum atomic E-state index is -0.0244. The van der Waals surface area contributed by atoms with Gasteiger partial charge in [-0.15, -0.1) is 0 Å². The molecule has 0 atom stereocenters. The summed E-state index contributed by atoms with van der Waals surface area (Å²) in [5.41, 5.74) is 5.41. The standard InChI is InChI=1S/C9H16N4OS/c1-9(2,3)6-4-12-7(14-6)5-15-8(10)13-11/h4H,5,11H2,1-3H3,(H2,10,13). The number of thioether (sulfide) groups is 1. The lowest BCUT2D eigenvalue weighted by molar-refractivity contribution is 0.391. The minimum Gasteiger partial charge on any atom is -0.444 e. The first kappa shape index (κ1) is 11.9. The number of aromatic nitrogens is 1. The topological polar surface area (TPSA) is 90.4 Å². The van der Waals surface area contributed by atoms with Gasteiger partial charge in [0.15, 0.2) is 5.17 Å². The number of oxazole rings is 1. The fourth-order valence-electron chi connectivity index (χ4n) is 0.897. The van der Waals surface area contributed by atoms with E-state index >= 15 is 0 Å². The number of amidine groups is 1. The van der Waals surface area contributed by atoms with Gasteiger partial charge >= 0.3 is 0 Å². The molecule has 1 aromatic heterocycles. The number of hydrogen-bond donors (Lipinski definition) is 2. The Bertz CT molecular complexity index is 353. The van der Waals surface area contributed by atoms with Crippen molar-refractivity contribution >= 4 is 16.9 Å². The molecule has 5 nitrogen and oxygen atoms in total. The third-order valence-corrected chi connectivity index (χ3v) is 2.56. The van der Waals surface area contributed by atoms with Gasteiger partial charge in [0.1, 0.15) is 5.76 Å². The van der Waals surface area contributed by atoms with E-state index < -0.39 is 0 Å². The maximum atomic E-state index is 5.56. The van der Waals surface area contributed by atoms with Gasteiger partial charge in [-0.05, 0) is 0 Å². The summed E-state index contributed by atoms with van der Waals surface area (Å²) in [6, 6.07) is 0. The third kappa shape index (κ3) is 3.47. The van der Waals surface area contributed by atoms with Crippen LogP contribution in [0.2, 0.25) is 0 Å². The lowest BCUT2D eigenvalue weighted by Gasteiger charge is -2.12. The Morgan fingerprint density at radius 3 is 2.73 bits per heavy atom. The lowest BCUT2D eigenvalue weighted by Crippen LogP contribution is -2.09. The minimum absolute atomic E-state index is 0.0244. The quantitative estimate of drug-likeness (QED) is 0.345. The number of hydrazone groups is 1. The molecule has 0 aliphatic rings. The summed E-state index contributed by atoms with van der Waals surface area (Å²) in [6.07, 6.45) is 1.74. The molecule has 0 bridgehead atoms. The molecule has 15 heavy (non-hydrogen) atoms. The van der Waals surface area contributed by atoms with Crippen LogP contribution in [0.4, 0.5) is 0 Å². The number of hydrogen-bond acceptors (Lipinski definition) is 5. The molecule has 0 saturated heterocycles. The highest BCUT2D eigenvalue weighted by Gasteiger charge is 2.19. The summed E-state index contributed by atoms with van der Waals surface area (Å²) in [7, 11) is 0. The van der Waals surface area contributed by atoms with Crippen LogP contribution in [0.1, 0.15) is 32.4 Å². The van der Waals surface area contributed by atoms with Gasteiger partial charge in [-0.1, -0.05) is 32.5 Å². The van der Waals surface area contributed by atoms with Crippen molar-refractivity contribution < 1.29 is 4.42 Å². The van der Waals surface area contributed by atoms with Crippen molar-refractivity contribution in [2.45, 2.75) is 31.9 Å². The van der Waals surface area contributed by atoms with Gasteiger partial charge in [-0.25, -0.2) is 4.98 Å². The zero-order valence-electron chi connectivity index (χ0n) is 9.15. The summed E-state index contributed by atoms with van der Waals surface area (Å²) < 4.78 is 5.56. The van der Waals surface area contributed by atoms with E-state index in [0.717, 1.165) is 5.76 Å². The Balaban J connectivity index is 2.62. The van der Waals surface area contributed by atoms with Crippen molar-refractivity contribution in [3.8, 4) is 0 Å². The molecule has 0 aliphatic heterocycles. The van der Waals surface area contributed by atoms with Crippen LogP contribution in [0.3, 0.4) is 0 Å². The molecule has 0 fully saturated rings. The van der Waals surface area contributed by atoms with Gasteiger partial charge < -0.3 is 16.0 Å². The Kier molecular flexibility index (Phi) is 3.62. The first-order valence-corrected chi connectivity index (χ1v) is 5.53. The molecule has 1 aromatic rings. The van der Waals surface area contributed by atoms with Gasteiger partial charge in [0.25, 0.3) is 0 Å². The fourth-order valence-corrected chi connectivity index (χ4v) is 1.38. The molecule has 0 radical (unpaired) electrons. The van der Waals surface area contributed by atoms with E-state index in [-0.39, 0.29) is 5.41 Å². The van der Waals surface area contributed by atoms with Crippen molar-refractivity contribution in [3.05, 3.63) is 17.8 Å². The highest BCUT2D eigenvalue weighted by Crippen LogP contribution is 2.23. The Morgan fingerprint density at radius 1 is 1.60 bits per heavy atom. The van der Waals surface area contributed by atoms with E-state index in [4.69, 9.17) is 16.0 Å². The normalized spacial score (nSPS) is 13.1. The molecule has 0 unspecified atom stereocenters. The average molecular weight is 228 g/mol. The second-order valence-corrected chi connectivity index (χ2v) is 5.12. The van der Waals surface area contributed by atoms with E-state index in [1.807, 2.05) is 0 Å². The molecule has 0 amide bonds. The first-order chi connectivity index (χ1) is 6.93. The van der Waals surface area contributed by atoms with Crippen LogP contribution in [0.15, 0.2) is 15.7 Å². The number of rotatable bonds is 2. The van der Waals surface area contributed by atoms with E-state index in [1.165, 1.54) is 11.8 Å². The molecular weight excluding hydrogens is 212 g/mol. The van der Waals surface area contributed by atoms with Crippen molar-refractivity contribution in [1.29, 1.82) is 0 Å². The van der Waals surface area contributed by atoms with Crippen molar-refractivity contribution in [2.75, 3.05) is 0 Å². The van der Waals surface area contributed by atoms with Gasteiger partial charge in [0, 0.05) is 5.41 Å². The summed E-state index contributed by atoms with van der Waals surface area (Å²) in [5.74, 6) is 7.04. The van der Waals surface area contributed by atoms with Gasteiger partial charge in [-0.3, -0.25) is 0 Å². The van der Waals surface area contributed by atoms with Crippen molar-refractivity contribution in [3.63, 3.8) is 0 Å². The van der Waals surface area contributed by atoms with E-state index in [0.29, 0.717) is 16.8 Å². The first-order valence-electron chi connectivity index (χ1n) is 4.55. The predicted molar refractivity (Wildman–Crippen MR) is 62.3 cm³/mol. The van der Waals surface area contributed by atoms with Gasteiger partial charge in [-0.2, -0.15) is 5.10 Å². The zero-order valence-corrected chi connectivity index (χ0v) is 9.97. The van der Waals surface area contributed by atoms with Gasteiger partial charge in [0.05, 0.1) is 11.9 Å². The molecule has 1 heterocycles. The predicted octanol–water partition coefficient (Wildman–Crippen LogP) is 1.39. The summed E-state index contributed by atoms with van der Waals surface area (Å²) in [4.78, 5) is 4.15. The van der Waals surface area contributed by atoms with Crippen LogP contribution in [-0.4, -0.2) is 10.2 Å². The second-order valence-electron chi connectivity index (χ2n) is 4.12. The zero-order chi connectivity index (χ0) is 11.5. The van der Waals surface area contributed by atoms with Crippen LogP contribution in [0, 0.1) is 0 Å². The number of nitrogens with zero attached hydrogens (tertiary/aromatic N) is 2. The monoisotopic (exact) mass is 228 g/mol. The van der Waals surface area contributed by atoms with Gasteiger partial charge in [0.2, 0.25) is 5.89 Å². The molecule has 0 saturated carbocycles. The Hall–Kier alpha value is -1.17. The van der Waals surface area contributed by atoms with E-state index in [2.05, 4.69) is 30.9 Å². The summed E-state index contributed by atoms with van der Waals surface area (Å²) in [6.45, 7) is 6.21. The highest BCUT2D eigenvalue weighted by atomic mass is 32.2.